The maximum Gasteiger partial charge on any atom is 0.238 e. The van der Waals surface area contributed by atoms with Crippen LogP contribution in [0.4, 0.5) is 0 Å². The van der Waals surface area contributed by atoms with E-state index in [1.54, 1.807) is 12.1 Å². The van der Waals surface area contributed by atoms with Gasteiger partial charge in [0, 0.05) is 0 Å². The topological polar surface area (TPSA) is 101 Å². The molecule has 0 aromatic heterocycles. The van der Waals surface area contributed by atoms with Crippen molar-refractivity contribution in [2.75, 3.05) is 6.54 Å². The normalized spacial score (nSPS) is 19.6. The van der Waals surface area contributed by atoms with Crippen LogP contribution in [-0.4, -0.2) is 26.9 Å². The zero-order valence-corrected chi connectivity index (χ0v) is 13.3. The number of halogens is 1. The predicted molar refractivity (Wildman–Crippen MR) is 82.6 cm³/mol. The fraction of sp³-hybridized carbons (Fsp3) is 0.462. The van der Waals surface area contributed by atoms with Crippen LogP contribution in [-0.2, 0) is 14.8 Å². The van der Waals surface area contributed by atoms with Crippen molar-refractivity contribution in [3.05, 3.63) is 29.8 Å². The van der Waals surface area contributed by atoms with Gasteiger partial charge in [-0.3, -0.25) is 4.79 Å². The van der Waals surface area contributed by atoms with E-state index in [0.29, 0.717) is 5.56 Å². The Kier molecular flexibility index (Phi) is 6.15. The maximum absolute atomic E-state index is 12.0. The monoisotopic (exact) mass is 333 g/mol. The molecule has 8 heteroatoms. The summed E-state index contributed by atoms with van der Waals surface area (Å²) in [4.78, 5) is 12.0. The van der Waals surface area contributed by atoms with Gasteiger partial charge in [-0.15, -0.1) is 12.4 Å². The van der Waals surface area contributed by atoms with Gasteiger partial charge in [-0.1, -0.05) is 12.1 Å². The first-order valence-corrected chi connectivity index (χ1v) is 8.09. The predicted octanol–water partition coefficient (Wildman–Crippen LogP) is 0.685. The van der Waals surface area contributed by atoms with Gasteiger partial charge in [-0.05, 0) is 44.0 Å². The fourth-order valence-electron chi connectivity index (χ4n) is 2.27. The molecule has 1 heterocycles. The Morgan fingerprint density at radius 2 is 2.19 bits per heavy atom. The van der Waals surface area contributed by atoms with Gasteiger partial charge in [-0.25, -0.2) is 13.6 Å². The number of amides is 1. The van der Waals surface area contributed by atoms with Gasteiger partial charge in [0.2, 0.25) is 15.9 Å². The molecule has 0 spiro atoms. The molecule has 118 valence electrons. The molecule has 1 aromatic rings. The summed E-state index contributed by atoms with van der Waals surface area (Å²) in [6, 6.07) is 5.88. The molecular formula is C13H20ClN3O3S. The minimum Gasteiger partial charge on any atom is -0.348 e. The molecule has 21 heavy (non-hydrogen) atoms. The summed E-state index contributed by atoms with van der Waals surface area (Å²) in [5.74, 6) is -0.0593. The molecule has 1 amide bonds. The minimum atomic E-state index is -3.73. The van der Waals surface area contributed by atoms with Gasteiger partial charge < -0.3 is 10.6 Å². The standard InChI is InChI=1S/C13H19N3O3S.ClH/c1-9(16-13(17)12-6-3-7-15-12)10-4-2-5-11(8-10)20(14,18)19;/h2,4-5,8-9,12,15H,3,6-7H2,1H3,(H,16,17)(H2,14,18,19);1H. The number of benzene rings is 1. The van der Waals surface area contributed by atoms with E-state index in [2.05, 4.69) is 10.6 Å². The Balaban J connectivity index is 0.00000220. The summed E-state index contributed by atoms with van der Waals surface area (Å²) < 4.78 is 22.6. The molecule has 6 nitrogen and oxygen atoms in total. The summed E-state index contributed by atoms with van der Waals surface area (Å²) >= 11 is 0. The molecule has 2 rings (SSSR count). The molecule has 0 radical (unpaired) electrons. The fourth-order valence-corrected chi connectivity index (χ4v) is 2.84. The van der Waals surface area contributed by atoms with Crippen molar-refractivity contribution in [1.82, 2.24) is 10.6 Å². The molecule has 0 aliphatic carbocycles. The first-order chi connectivity index (χ1) is 9.38. The minimum absolute atomic E-state index is 0. The highest BCUT2D eigenvalue weighted by Gasteiger charge is 2.23. The lowest BCUT2D eigenvalue weighted by molar-refractivity contribution is -0.123. The van der Waals surface area contributed by atoms with Crippen LogP contribution in [0.25, 0.3) is 0 Å². The van der Waals surface area contributed by atoms with E-state index in [9.17, 15) is 13.2 Å². The third-order valence-corrected chi connectivity index (χ3v) is 4.33. The summed E-state index contributed by atoms with van der Waals surface area (Å²) in [6.45, 7) is 2.67. The Hall–Kier alpha value is -1.15. The Morgan fingerprint density at radius 3 is 2.76 bits per heavy atom. The van der Waals surface area contributed by atoms with Crippen LogP contribution in [0.3, 0.4) is 0 Å². The maximum atomic E-state index is 12.0. The van der Waals surface area contributed by atoms with Gasteiger partial charge in [0.05, 0.1) is 17.0 Å². The van der Waals surface area contributed by atoms with Crippen molar-refractivity contribution in [2.45, 2.75) is 36.7 Å². The van der Waals surface area contributed by atoms with E-state index in [1.807, 2.05) is 6.92 Å². The van der Waals surface area contributed by atoms with Crippen molar-refractivity contribution in [1.29, 1.82) is 0 Å². The molecule has 2 unspecified atom stereocenters. The zero-order valence-electron chi connectivity index (χ0n) is 11.7. The summed E-state index contributed by atoms with van der Waals surface area (Å²) in [7, 11) is -3.73. The van der Waals surface area contributed by atoms with Crippen LogP contribution in [0.2, 0.25) is 0 Å². The van der Waals surface area contributed by atoms with Crippen LogP contribution in [0.5, 0.6) is 0 Å². The van der Waals surface area contributed by atoms with Gasteiger partial charge in [0.25, 0.3) is 0 Å². The van der Waals surface area contributed by atoms with Crippen molar-refractivity contribution >= 4 is 28.3 Å². The lowest BCUT2D eigenvalue weighted by Crippen LogP contribution is -2.41. The number of hydrogen-bond acceptors (Lipinski definition) is 4. The average molecular weight is 334 g/mol. The second-order valence-electron chi connectivity index (χ2n) is 5.00. The Morgan fingerprint density at radius 1 is 1.48 bits per heavy atom. The Bertz CT molecular complexity index is 600. The number of hydrogen-bond donors (Lipinski definition) is 3. The van der Waals surface area contributed by atoms with Crippen LogP contribution in [0, 0.1) is 0 Å². The number of rotatable bonds is 4. The number of carbonyl (C=O) groups is 1. The summed E-state index contributed by atoms with van der Waals surface area (Å²) in [5.41, 5.74) is 0.711. The second kappa shape index (κ2) is 7.22. The van der Waals surface area contributed by atoms with E-state index < -0.39 is 10.0 Å². The van der Waals surface area contributed by atoms with E-state index in [-0.39, 0.29) is 35.3 Å². The first-order valence-electron chi connectivity index (χ1n) is 6.54. The van der Waals surface area contributed by atoms with Gasteiger partial charge in [0.1, 0.15) is 0 Å². The molecular weight excluding hydrogens is 314 g/mol. The van der Waals surface area contributed by atoms with Gasteiger partial charge in [-0.2, -0.15) is 0 Å². The lowest BCUT2D eigenvalue weighted by Gasteiger charge is -2.18. The number of nitrogens with two attached hydrogens (primary N) is 1. The summed E-state index contributed by atoms with van der Waals surface area (Å²) in [6.07, 6.45) is 1.82. The van der Waals surface area contributed by atoms with Gasteiger partial charge >= 0.3 is 0 Å². The Labute approximate surface area is 130 Å². The molecule has 4 N–H and O–H groups in total. The third-order valence-electron chi connectivity index (χ3n) is 3.42. The van der Waals surface area contributed by atoms with Crippen LogP contribution in [0.15, 0.2) is 29.2 Å². The molecule has 0 saturated carbocycles. The second-order valence-corrected chi connectivity index (χ2v) is 6.56. The van der Waals surface area contributed by atoms with E-state index in [4.69, 9.17) is 5.14 Å². The van der Waals surface area contributed by atoms with Gasteiger partial charge in [0.15, 0.2) is 0 Å². The van der Waals surface area contributed by atoms with Crippen LogP contribution in [0.1, 0.15) is 31.4 Å². The molecule has 1 saturated heterocycles. The highest BCUT2D eigenvalue weighted by molar-refractivity contribution is 7.89. The van der Waals surface area contributed by atoms with Crippen LogP contribution >= 0.6 is 12.4 Å². The molecule has 0 bridgehead atoms. The van der Waals surface area contributed by atoms with Crippen molar-refractivity contribution < 1.29 is 13.2 Å². The highest BCUT2D eigenvalue weighted by atomic mass is 35.5. The molecule has 1 aromatic carbocycles. The highest BCUT2D eigenvalue weighted by Crippen LogP contribution is 2.17. The number of primary sulfonamides is 1. The van der Waals surface area contributed by atoms with E-state index in [1.165, 1.54) is 12.1 Å². The molecule has 1 aliphatic heterocycles. The molecule has 1 fully saturated rings. The average Bonchev–Trinajstić information content (AvgIpc) is 2.91. The van der Waals surface area contributed by atoms with Crippen molar-refractivity contribution in [2.24, 2.45) is 5.14 Å². The smallest absolute Gasteiger partial charge is 0.238 e. The zero-order chi connectivity index (χ0) is 14.8. The first kappa shape index (κ1) is 17.9. The lowest BCUT2D eigenvalue weighted by atomic mass is 10.1. The number of sulfonamides is 1. The summed E-state index contributed by atoms with van der Waals surface area (Å²) in [5, 5.41) is 11.1. The third kappa shape index (κ3) is 4.67. The van der Waals surface area contributed by atoms with Crippen molar-refractivity contribution in [3.8, 4) is 0 Å². The van der Waals surface area contributed by atoms with E-state index >= 15 is 0 Å². The molecule has 2 atom stereocenters. The number of nitrogens with one attached hydrogen (secondary N) is 2. The van der Waals surface area contributed by atoms with Crippen LogP contribution < -0.4 is 15.8 Å². The number of carbonyl (C=O) groups excluding carboxylic acids is 1. The largest absolute Gasteiger partial charge is 0.348 e. The SMILES string of the molecule is CC(NC(=O)C1CCCN1)c1cccc(S(N)(=O)=O)c1.Cl. The molecule has 1 aliphatic rings. The van der Waals surface area contributed by atoms with Crippen molar-refractivity contribution in [3.63, 3.8) is 0 Å². The van der Waals surface area contributed by atoms with E-state index in [0.717, 1.165) is 19.4 Å². The quantitative estimate of drug-likeness (QED) is 0.754.